The summed E-state index contributed by atoms with van der Waals surface area (Å²) in [4.78, 5) is 12.9. The van der Waals surface area contributed by atoms with E-state index in [0.717, 1.165) is 34.9 Å². The minimum atomic E-state index is -0.131. The van der Waals surface area contributed by atoms with E-state index in [0.29, 0.717) is 17.9 Å². The van der Waals surface area contributed by atoms with Crippen LogP contribution in [0, 0.1) is 20.8 Å². The highest BCUT2D eigenvalue weighted by Gasteiger charge is 2.19. The highest BCUT2D eigenvalue weighted by atomic mass is 16.5. The fraction of sp³-hybridized carbons (Fsp3) is 0.300. The van der Waals surface area contributed by atoms with Crippen molar-refractivity contribution in [2.45, 2.75) is 34.2 Å². The topological polar surface area (TPSA) is 72.1 Å². The van der Waals surface area contributed by atoms with Crippen LogP contribution in [0.4, 0.5) is 5.69 Å². The standard InChI is InChI=1S/C20H24N4O2/c1-5-21-12-16-8-6-7-9-18(16)22-20(25)17-10-13(2)24(15(17)4)19-11-14(3)26-23-19/h6-11,21H,5,12H2,1-4H3,(H,22,25). The van der Waals surface area contributed by atoms with Gasteiger partial charge in [0.15, 0.2) is 5.82 Å². The largest absolute Gasteiger partial charge is 0.360 e. The summed E-state index contributed by atoms with van der Waals surface area (Å²) >= 11 is 0. The summed E-state index contributed by atoms with van der Waals surface area (Å²) in [5.74, 6) is 1.29. The Kier molecular flexibility index (Phi) is 5.23. The van der Waals surface area contributed by atoms with Crippen molar-refractivity contribution in [1.82, 2.24) is 15.0 Å². The zero-order valence-corrected chi connectivity index (χ0v) is 15.6. The molecule has 3 aromatic rings. The quantitative estimate of drug-likeness (QED) is 0.709. The Bertz CT molecular complexity index is 924. The lowest BCUT2D eigenvalue weighted by atomic mass is 10.1. The van der Waals surface area contributed by atoms with E-state index in [4.69, 9.17) is 4.52 Å². The maximum atomic E-state index is 12.9. The third-order valence-electron chi connectivity index (χ3n) is 4.35. The molecule has 2 heterocycles. The van der Waals surface area contributed by atoms with Gasteiger partial charge in [0.1, 0.15) is 5.76 Å². The number of nitrogens with one attached hydrogen (secondary N) is 2. The SMILES string of the molecule is CCNCc1ccccc1NC(=O)c1cc(C)n(-c2cc(C)on2)c1C. The van der Waals surface area contributed by atoms with Gasteiger partial charge in [-0.25, -0.2) is 0 Å². The molecule has 26 heavy (non-hydrogen) atoms. The molecule has 0 atom stereocenters. The first-order valence-electron chi connectivity index (χ1n) is 8.74. The molecule has 6 heteroatoms. The lowest BCUT2D eigenvalue weighted by molar-refractivity contribution is 0.102. The lowest BCUT2D eigenvalue weighted by Crippen LogP contribution is -2.17. The Balaban J connectivity index is 1.88. The van der Waals surface area contributed by atoms with E-state index in [1.807, 2.05) is 61.7 Å². The predicted octanol–water partition coefficient (Wildman–Crippen LogP) is 3.75. The van der Waals surface area contributed by atoms with Crippen LogP contribution in [0.5, 0.6) is 0 Å². The fourth-order valence-corrected chi connectivity index (χ4v) is 3.05. The molecule has 0 aliphatic rings. The molecule has 1 aromatic carbocycles. The van der Waals surface area contributed by atoms with Crippen molar-refractivity contribution in [3.63, 3.8) is 0 Å². The van der Waals surface area contributed by atoms with Crippen LogP contribution in [0.2, 0.25) is 0 Å². The number of rotatable bonds is 6. The Hall–Kier alpha value is -2.86. The van der Waals surface area contributed by atoms with E-state index in [1.54, 1.807) is 0 Å². The number of aromatic nitrogens is 2. The zero-order chi connectivity index (χ0) is 18.7. The monoisotopic (exact) mass is 352 g/mol. The van der Waals surface area contributed by atoms with Crippen LogP contribution < -0.4 is 10.6 Å². The Morgan fingerprint density at radius 2 is 1.96 bits per heavy atom. The summed E-state index contributed by atoms with van der Waals surface area (Å²) in [6.45, 7) is 9.36. The molecule has 0 bridgehead atoms. The first-order chi connectivity index (χ1) is 12.5. The van der Waals surface area contributed by atoms with Gasteiger partial charge in [-0.2, -0.15) is 0 Å². The van der Waals surface area contributed by atoms with Gasteiger partial charge >= 0.3 is 0 Å². The first-order valence-corrected chi connectivity index (χ1v) is 8.74. The average molecular weight is 352 g/mol. The molecule has 0 radical (unpaired) electrons. The number of para-hydroxylation sites is 1. The number of carbonyl (C=O) groups is 1. The highest BCUT2D eigenvalue weighted by Crippen LogP contribution is 2.23. The van der Waals surface area contributed by atoms with Gasteiger partial charge in [0.2, 0.25) is 0 Å². The van der Waals surface area contributed by atoms with Gasteiger partial charge in [-0.05, 0) is 45.0 Å². The van der Waals surface area contributed by atoms with Crippen LogP contribution in [-0.4, -0.2) is 22.2 Å². The molecular formula is C20H24N4O2. The molecule has 0 fully saturated rings. The van der Waals surface area contributed by atoms with Gasteiger partial charge < -0.3 is 15.2 Å². The van der Waals surface area contributed by atoms with Crippen molar-refractivity contribution in [2.24, 2.45) is 0 Å². The fourth-order valence-electron chi connectivity index (χ4n) is 3.05. The summed E-state index contributed by atoms with van der Waals surface area (Å²) in [5.41, 5.74) is 4.27. The summed E-state index contributed by atoms with van der Waals surface area (Å²) in [7, 11) is 0. The highest BCUT2D eigenvalue weighted by molar-refractivity contribution is 6.05. The Morgan fingerprint density at radius 1 is 1.19 bits per heavy atom. The lowest BCUT2D eigenvalue weighted by Gasteiger charge is -2.11. The second kappa shape index (κ2) is 7.58. The van der Waals surface area contributed by atoms with E-state index in [2.05, 4.69) is 22.7 Å². The summed E-state index contributed by atoms with van der Waals surface area (Å²) in [6.07, 6.45) is 0. The van der Waals surface area contributed by atoms with Gasteiger partial charge in [0, 0.05) is 29.7 Å². The van der Waals surface area contributed by atoms with Crippen LogP contribution in [0.25, 0.3) is 5.82 Å². The van der Waals surface area contributed by atoms with Crippen LogP contribution in [0.15, 0.2) is 40.9 Å². The molecule has 0 aliphatic heterocycles. The summed E-state index contributed by atoms with van der Waals surface area (Å²) in [5, 5.41) is 10.4. The number of carbonyl (C=O) groups excluding carboxylic acids is 1. The van der Waals surface area contributed by atoms with Gasteiger partial charge in [0.05, 0.1) is 5.56 Å². The van der Waals surface area contributed by atoms with E-state index < -0.39 is 0 Å². The number of benzene rings is 1. The molecule has 3 rings (SSSR count). The molecular weight excluding hydrogens is 328 g/mol. The van der Waals surface area contributed by atoms with Crippen LogP contribution in [0.3, 0.4) is 0 Å². The molecule has 0 saturated carbocycles. The molecule has 1 amide bonds. The number of nitrogens with zero attached hydrogens (tertiary/aromatic N) is 2. The van der Waals surface area contributed by atoms with Crippen LogP contribution in [-0.2, 0) is 6.54 Å². The van der Waals surface area contributed by atoms with Crippen LogP contribution in [0.1, 0.15) is 40.0 Å². The average Bonchev–Trinajstić information content (AvgIpc) is 3.16. The van der Waals surface area contributed by atoms with Crippen molar-refractivity contribution in [1.29, 1.82) is 0 Å². The molecule has 6 nitrogen and oxygen atoms in total. The molecule has 0 spiro atoms. The predicted molar refractivity (Wildman–Crippen MR) is 102 cm³/mol. The molecule has 2 aromatic heterocycles. The summed E-state index contributed by atoms with van der Waals surface area (Å²) in [6, 6.07) is 11.6. The van der Waals surface area contributed by atoms with Gasteiger partial charge in [-0.15, -0.1) is 0 Å². The van der Waals surface area contributed by atoms with E-state index in [9.17, 15) is 4.79 Å². The maximum Gasteiger partial charge on any atom is 0.257 e. The van der Waals surface area contributed by atoms with Crippen molar-refractivity contribution in [3.05, 3.63) is 64.7 Å². The van der Waals surface area contributed by atoms with Crippen LogP contribution >= 0.6 is 0 Å². The Morgan fingerprint density at radius 3 is 2.65 bits per heavy atom. The number of aryl methyl sites for hydroxylation is 2. The molecule has 0 saturated heterocycles. The first kappa shape index (κ1) is 17.9. The zero-order valence-electron chi connectivity index (χ0n) is 15.6. The van der Waals surface area contributed by atoms with Gasteiger partial charge in [-0.3, -0.25) is 9.36 Å². The van der Waals surface area contributed by atoms with Crippen molar-refractivity contribution in [3.8, 4) is 5.82 Å². The van der Waals surface area contributed by atoms with Crippen molar-refractivity contribution >= 4 is 11.6 Å². The second-order valence-electron chi connectivity index (χ2n) is 6.31. The second-order valence-corrected chi connectivity index (χ2v) is 6.31. The maximum absolute atomic E-state index is 12.9. The molecule has 2 N–H and O–H groups in total. The van der Waals surface area contributed by atoms with E-state index in [-0.39, 0.29) is 5.91 Å². The minimum Gasteiger partial charge on any atom is -0.360 e. The van der Waals surface area contributed by atoms with Crippen molar-refractivity contribution in [2.75, 3.05) is 11.9 Å². The molecule has 0 unspecified atom stereocenters. The molecule has 136 valence electrons. The third kappa shape index (κ3) is 3.55. The normalized spacial score (nSPS) is 10.9. The minimum absolute atomic E-state index is 0.131. The van der Waals surface area contributed by atoms with Crippen molar-refractivity contribution < 1.29 is 9.32 Å². The Labute approximate surface area is 153 Å². The van der Waals surface area contributed by atoms with Gasteiger partial charge in [-0.1, -0.05) is 30.3 Å². The number of anilines is 1. The number of hydrogen-bond donors (Lipinski definition) is 2. The van der Waals surface area contributed by atoms with E-state index >= 15 is 0 Å². The van der Waals surface area contributed by atoms with E-state index in [1.165, 1.54) is 0 Å². The summed E-state index contributed by atoms with van der Waals surface area (Å²) < 4.78 is 7.10. The molecule has 0 aliphatic carbocycles. The third-order valence-corrected chi connectivity index (χ3v) is 4.35. The van der Waals surface area contributed by atoms with Gasteiger partial charge in [0.25, 0.3) is 5.91 Å². The number of amides is 1. The number of hydrogen-bond acceptors (Lipinski definition) is 4. The smallest absolute Gasteiger partial charge is 0.257 e.